The van der Waals surface area contributed by atoms with E-state index in [2.05, 4.69) is 10.4 Å². The largest absolute Gasteiger partial charge is 0.465 e. The second-order valence-electron chi connectivity index (χ2n) is 9.97. The lowest BCUT2D eigenvalue weighted by Crippen LogP contribution is -2.66. The number of benzene rings is 1. The highest BCUT2D eigenvalue weighted by Crippen LogP contribution is 2.46. The van der Waals surface area contributed by atoms with Crippen LogP contribution in [0.3, 0.4) is 0 Å². The van der Waals surface area contributed by atoms with Crippen LogP contribution in [0.2, 0.25) is 0 Å². The normalized spacial score (nSPS) is 24.0. The Balaban J connectivity index is 2.53. The second-order valence-corrected chi connectivity index (χ2v) is 11.7. The minimum absolute atomic E-state index is 0.0721. The standard InChI is InChI=1S/C28H41N2O13P/c1-8-16(3)23(27(35)37-9-2)30-44(36,43-21-13-11-10-12-14-21)38-15-22-25(39-18(5)32)26(40-19(6)33)24(29-17(4)31)28(42-22)41-20(7)34/h10-14,16,22-26,28H,8-9,15H2,1-7H3,(H,29,31)(H,30,36)/t16?,22-,23+,24+,25-,26-,28?,44?/m1/s1. The molecule has 0 aliphatic carbocycles. The molecule has 16 heteroatoms. The minimum atomic E-state index is -4.46. The highest BCUT2D eigenvalue weighted by Gasteiger charge is 2.52. The third-order valence-corrected chi connectivity index (χ3v) is 7.87. The molecule has 2 rings (SSSR count). The molecule has 1 amide bonds. The van der Waals surface area contributed by atoms with Gasteiger partial charge in [0.15, 0.2) is 12.2 Å². The van der Waals surface area contributed by atoms with Crippen LogP contribution in [0.1, 0.15) is 54.9 Å². The lowest BCUT2D eigenvalue weighted by Gasteiger charge is -2.44. The molecule has 1 aliphatic heterocycles. The monoisotopic (exact) mass is 644 g/mol. The van der Waals surface area contributed by atoms with Crippen LogP contribution in [-0.2, 0) is 56.7 Å². The molecule has 15 nitrogen and oxygen atoms in total. The molecule has 3 unspecified atom stereocenters. The molecule has 0 radical (unpaired) electrons. The summed E-state index contributed by atoms with van der Waals surface area (Å²) in [5.41, 5.74) is 0. The van der Waals surface area contributed by atoms with E-state index in [1.165, 1.54) is 19.1 Å². The van der Waals surface area contributed by atoms with Gasteiger partial charge in [-0.05, 0) is 25.0 Å². The molecule has 1 saturated heterocycles. The van der Waals surface area contributed by atoms with E-state index in [4.69, 9.17) is 32.7 Å². The SMILES string of the molecule is CCOC(=O)[C@@H](NP(=O)(OC[C@H]1OC(OC(C)=O)[C@@H](NC(C)=O)[C@@H](OC(C)=O)[C@@H]1OC(C)=O)Oc1ccccc1)C(C)CC. The Bertz CT molecular complexity index is 1200. The van der Waals surface area contributed by atoms with Crippen molar-refractivity contribution >= 4 is 37.5 Å². The number of para-hydroxylation sites is 1. The first kappa shape index (κ1) is 36.7. The maximum Gasteiger partial charge on any atom is 0.459 e. The van der Waals surface area contributed by atoms with E-state index in [1.54, 1.807) is 32.0 Å². The van der Waals surface area contributed by atoms with Crippen molar-refractivity contribution in [2.24, 2.45) is 5.92 Å². The van der Waals surface area contributed by atoms with Crippen LogP contribution in [0, 0.1) is 5.92 Å². The van der Waals surface area contributed by atoms with E-state index in [0.717, 1.165) is 20.8 Å². The zero-order chi connectivity index (χ0) is 33.0. The predicted molar refractivity (Wildman–Crippen MR) is 153 cm³/mol. The lowest BCUT2D eigenvalue weighted by molar-refractivity contribution is -0.268. The van der Waals surface area contributed by atoms with Gasteiger partial charge in [-0.1, -0.05) is 38.5 Å². The third kappa shape index (κ3) is 11.2. The van der Waals surface area contributed by atoms with Gasteiger partial charge in [-0.3, -0.25) is 28.5 Å². The van der Waals surface area contributed by atoms with Gasteiger partial charge in [-0.15, -0.1) is 0 Å². The van der Waals surface area contributed by atoms with Gasteiger partial charge < -0.3 is 33.5 Å². The maximum absolute atomic E-state index is 14.3. The van der Waals surface area contributed by atoms with Crippen LogP contribution in [0.4, 0.5) is 0 Å². The zero-order valence-corrected chi connectivity index (χ0v) is 26.7. The number of nitrogens with one attached hydrogen (secondary N) is 2. The number of hydrogen-bond acceptors (Lipinski definition) is 13. The summed E-state index contributed by atoms with van der Waals surface area (Å²) in [6.45, 7) is 9.07. The van der Waals surface area contributed by atoms with Crippen LogP contribution in [0.15, 0.2) is 30.3 Å². The highest BCUT2D eigenvalue weighted by atomic mass is 31.2. The zero-order valence-electron chi connectivity index (χ0n) is 25.8. The summed E-state index contributed by atoms with van der Waals surface area (Å²) in [6, 6.07) is 5.60. The molecular formula is C28H41N2O13P. The predicted octanol–water partition coefficient (Wildman–Crippen LogP) is 2.41. The molecule has 2 N–H and O–H groups in total. The topological polar surface area (TPSA) is 191 Å². The summed E-state index contributed by atoms with van der Waals surface area (Å²) >= 11 is 0. The minimum Gasteiger partial charge on any atom is -0.465 e. The highest BCUT2D eigenvalue weighted by molar-refractivity contribution is 7.52. The van der Waals surface area contributed by atoms with E-state index in [1.807, 2.05) is 6.92 Å². The Morgan fingerprint density at radius 1 is 0.909 bits per heavy atom. The van der Waals surface area contributed by atoms with Gasteiger partial charge in [0.2, 0.25) is 12.2 Å². The van der Waals surface area contributed by atoms with Gasteiger partial charge >= 0.3 is 31.6 Å². The fourth-order valence-corrected chi connectivity index (χ4v) is 5.91. The molecule has 0 aromatic heterocycles. The number of rotatable bonds is 15. The maximum atomic E-state index is 14.3. The average Bonchev–Trinajstić information content (AvgIpc) is 2.93. The first-order valence-electron chi connectivity index (χ1n) is 14.1. The fraction of sp³-hybridized carbons (Fsp3) is 0.607. The molecule has 0 spiro atoms. The Kier molecular flexibility index (Phi) is 14.2. The Morgan fingerprint density at radius 3 is 2.02 bits per heavy atom. The second kappa shape index (κ2) is 17.1. The summed E-state index contributed by atoms with van der Waals surface area (Å²) in [4.78, 5) is 61.0. The number of hydrogen-bond donors (Lipinski definition) is 2. The van der Waals surface area contributed by atoms with Crippen molar-refractivity contribution in [2.45, 2.75) is 91.6 Å². The molecule has 1 fully saturated rings. The van der Waals surface area contributed by atoms with Crippen LogP contribution in [0.5, 0.6) is 5.75 Å². The Labute approximate surface area is 256 Å². The van der Waals surface area contributed by atoms with Crippen LogP contribution >= 0.6 is 7.75 Å². The summed E-state index contributed by atoms with van der Waals surface area (Å²) in [5, 5.41) is 5.17. The van der Waals surface area contributed by atoms with Crippen molar-refractivity contribution in [3.63, 3.8) is 0 Å². The van der Waals surface area contributed by atoms with Gasteiger partial charge in [0.1, 0.15) is 23.9 Å². The van der Waals surface area contributed by atoms with E-state index >= 15 is 0 Å². The van der Waals surface area contributed by atoms with Crippen LogP contribution < -0.4 is 14.9 Å². The third-order valence-electron chi connectivity index (χ3n) is 6.33. The first-order chi connectivity index (χ1) is 20.7. The summed E-state index contributed by atoms with van der Waals surface area (Å²) in [7, 11) is -4.46. The van der Waals surface area contributed by atoms with Crippen molar-refractivity contribution in [2.75, 3.05) is 13.2 Å². The van der Waals surface area contributed by atoms with Gasteiger partial charge in [0.25, 0.3) is 0 Å². The Morgan fingerprint density at radius 2 is 1.50 bits per heavy atom. The van der Waals surface area contributed by atoms with Gasteiger partial charge in [0.05, 0.1) is 13.2 Å². The Hall–Kier alpha value is -3.52. The van der Waals surface area contributed by atoms with E-state index in [-0.39, 0.29) is 18.3 Å². The average molecular weight is 645 g/mol. The quantitative estimate of drug-likeness (QED) is 0.161. The fourth-order valence-electron chi connectivity index (χ4n) is 4.29. The van der Waals surface area contributed by atoms with Crippen LogP contribution in [0.25, 0.3) is 0 Å². The molecule has 1 aromatic rings. The molecule has 1 heterocycles. The number of carbonyl (C=O) groups excluding carboxylic acids is 5. The molecular weight excluding hydrogens is 603 g/mol. The smallest absolute Gasteiger partial charge is 0.459 e. The van der Waals surface area contributed by atoms with Gasteiger partial charge in [0, 0.05) is 27.7 Å². The summed E-state index contributed by atoms with van der Waals surface area (Å²) < 4.78 is 53.0. The molecule has 0 bridgehead atoms. The molecule has 0 saturated carbocycles. The number of amides is 1. The molecule has 44 heavy (non-hydrogen) atoms. The van der Waals surface area contributed by atoms with Crippen molar-refractivity contribution in [3.05, 3.63) is 30.3 Å². The first-order valence-corrected chi connectivity index (χ1v) is 15.6. The van der Waals surface area contributed by atoms with Crippen molar-refractivity contribution in [1.29, 1.82) is 0 Å². The van der Waals surface area contributed by atoms with Crippen molar-refractivity contribution in [3.8, 4) is 5.75 Å². The lowest BCUT2D eigenvalue weighted by atomic mass is 9.96. The van der Waals surface area contributed by atoms with Crippen LogP contribution in [-0.4, -0.2) is 79.7 Å². The number of carbonyl (C=O) groups is 5. The van der Waals surface area contributed by atoms with Gasteiger partial charge in [-0.2, -0.15) is 5.09 Å². The molecule has 246 valence electrons. The molecule has 8 atom stereocenters. The van der Waals surface area contributed by atoms with Crippen molar-refractivity contribution in [1.82, 2.24) is 10.4 Å². The number of ether oxygens (including phenoxy) is 5. The summed E-state index contributed by atoms with van der Waals surface area (Å²) in [5.74, 6) is -3.93. The summed E-state index contributed by atoms with van der Waals surface area (Å²) in [6.07, 6.45) is -5.31. The van der Waals surface area contributed by atoms with E-state index in [0.29, 0.717) is 6.42 Å². The van der Waals surface area contributed by atoms with E-state index < -0.39 is 80.8 Å². The molecule has 1 aliphatic rings. The molecule has 1 aromatic carbocycles. The van der Waals surface area contributed by atoms with Gasteiger partial charge in [-0.25, -0.2) is 4.57 Å². The van der Waals surface area contributed by atoms with E-state index in [9.17, 15) is 28.5 Å². The van der Waals surface area contributed by atoms with Crippen molar-refractivity contribution < 1.29 is 61.3 Å². The number of esters is 4.